The lowest BCUT2D eigenvalue weighted by Crippen LogP contribution is -2.43. The van der Waals surface area contributed by atoms with Crippen molar-refractivity contribution in [2.24, 2.45) is 0 Å². The smallest absolute Gasteiger partial charge is 0.315 e. The lowest BCUT2D eigenvalue weighted by Gasteiger charge is -2.12. The summed E-state index contributed by atoms with van der Waals surface area (Å²) >= 11 is 5.92. The van der Waals surface area contributed by atoms with Gasteiger partial charge in [0.25, 0.3) is 5.91 Å². The zero-order valence-electron chi connectivity index (χ0n) is 11.7. The number of benzene rings is 1. The van der Waals surface area contributed by atoms with Crippen molar-refractivity contribution in [3.8, 4) is 0 Å². The minimum Gasteiger partial charge on any atom is -0.350 e. The van der Waals surface area contributed by atoms with Crippen LogP contribution >= 0.6 is 11.6 Å². The molecule has 0 heterocycles. The number of halogens is 1. The summed E-state index contributed by atoms with van der Waals surface area (Å²) in [6, 6.07) is 6.73. The number of carbonyl (C=O) groups is 2. The SMILES string of the molecule is CCC(C)NC(=O)NCCNC(=O)c1ccccc1Cl. The van der Waals surface area contributed by atoms with Crippen molar-refractivity contribution in [2.45, 2.75) is 26.3 Å². The number of nitrogens with one attached hydrogen (secondary N) is 3. The van der Waals surface area contributed by atoms with Gasteiger partial charge in [-0.2, -0.15) is 0 Å². The van der Waals surface area contributed by atoms with Gasteiger partial charge in [-0.25, -0.2) is 4.79 Å². The van der Waals surface area contributed by atoms with Gasteiger partial charge in [0.15, 0.2) is 0 Å². The Kier molecular flexibility index (Phi) is 6.87. The summed E-state index contributed by atoms with van der Waals surface area (Å²) in [4.78, 5) is 23.2. The van der Waals surface area contributed by atoms with Gasteiger partial charge in [-0.1, -0.05) is 30.7 Å². The summed E-state index contributed by atoms with van der Waals surface area (Å²) in [5.41, 5.74) is 0.429. The van der Waals surface area contributed by atoms with Crippen molar-refractivity contribution in [2.75, 3.05) is 13.1 Å². The van der Waals surface area contributed by atoms with Gasteiger partial charge >= 0.3 is 6.03 Å². The van der Waals surface area contributed by atoms with E-state index >= 15 is 0 Å². The average Bonchev–Trinajstić information content (AvgIpc) is 2.43. The first-order valence-corrected chi connectivity index (χ1v) is 6.99. The Morgan fingerprint density at radius 1 is 1.20 bits per heavy atom. The molecule has 0 aliphatic rings. The van der Waals surface area contributed by atoms with E-state index in [1.807, 2.05) is 13.8 Å². The summed E-state index contributed by atoms with van der Waals surface area (Å²) in [6.45, 7) is 4.63. The highest BCUT2D eigenvalue weighted by Gasteiger charge is 2.09. The van der Waals surface area contributed by atoms with Crippen LogP contribution in [0.3, 0.4) is 0 Å². The van der Waals surface area contributed by atoms with Crippen LogP contribution in [0.2, 0.25) is 5.02 Å². The second-order valence-electron chi connectivity index (χ2n) is 4.45. The standard InChI is InChI=1S/C14H20ClN3O2/c1-3-10(2)18-14(20)17-9-8-16-13(19)11-6-4-5-7-12(11)15/h4-7,10H,3,8-9H2,1-2H3,(H,16,19)(H2,17,18,20). The Morgan fingerprint density at radius 2 is 1.85 bits per heavy atom. The van der Waals surface area contributed by atoms with Crippen LogP contribution in [0.25, 0.3) is 0 Å². The predicted octanol–water partition coefficient (Wildman–Crippen LogP) is 2.17. The lowest BCUT2D eigenvalue weighted by molar-refractivity contribution is 0.0954. The molecule has 0 bridgehead atoms. The highest BCUT2D eigenvalue weighted by Crippen LogP contribution is 2.14. The maximum atomic E-state index is 11.8. The average molecular weight is 298 g/mol. The largest absolute Gasteiger partial charge is 0.350 e. The summed E-state index contributed by atoms with van der Waals surface area (Å²) in [5.74, 6) is -0.250. The molecule has 3 amide bonds. The molecule has 1 aromatic carbocycles. The predicted molar refractivity (Wildman–Crippen MR) is 80.1 cm³/mol. The van der Waals surface area contributed by atoms with Crippen molar-refractivity contribution in [1.82, 2.24) is 16.0 Å². The molecule has 110 valence electrons. The van der Waals surface area contributed by atoms with E-state index in [2.05, 4.69) is 16.0 Å². The van der Waals surface area contributed by atoms with E-state index in [0.29, 0.717) is 23.7 Å². The van der Waals surface area contributed by atoms with Crippen LogP contribution in [0.4, 0.5) is 4.79 Å². The van der Waals surface area contributed by atoms with Crippen LogP contribution in [0, 0.1) is 0 Å². The molecule has 1 rings (SSSR count). The first-order chi connectivity index (χ1) is 9.54. The van der Waals surface area contributed by atoms with Crippen molar-refractivity contribution < 1.29 is 9.59 Å². The molecule has 5 nitrogen and oxygen atoms in total. The van der Waals surface area contributed by atoms with E-state index < -0.39 is 0 Å². The topological polar surface area (TPSA) is 70.2 Å². The van der Waals surface area contributed by atoms with Crippen LogP contribution in [-0.4, -0.2) is 31.1 Å². The van der Waals surface area contributed by atoms with E-state index in [1.165, 1.54) is 0 Å². The third kappa shape index (κ3) is 5.48. The van der Waals surface area contributed by atoms with E-state index in [0.717, 1.165) is 6.42 Å². The van der Waals surface area contributed by atoms with Gasteiger partial charge in [0.1, 0.15) is 0 Å². The quantitative estimate of drug-likeness (QED) is 0.704. The zero-order chi connectivity index (χ0) is 15.0. The fourth-order valence-electron chi connectivity index (χ4n) is 1.47. The zero-order valence-corrected chi connectivity index (χ0v) is 12.5. The summed E-state index contributed by atoms with van der Waals surface area (Å²) in [6.07, 6.45) is 0.872. The minimum atomic E-state index is -0.250. The Bertz CT molecular complexity index is 465. The molecule has 6 heteroatoms. The van der Waals surface area contributed by atoms with Crippen molar-refractivity contribution >= 4 is 23.5 Å². The molecule has 0 spiro atoms. The van der Waals surface area contributed by atoms with Crippen LogP contribution in [0.5, 0.6) is 0 Å². The molecule has 1 aromatic rings. The minimum absolute atomic E-state index is 0.132. The second-order valence-corrected chi connectivity index (χ2v) is 4.85. The molecule has 0 saturated heterocycles. The van der Waals surface area contributed by atoms with Crippen LogP contribution in [0.15, 0.2) is 24.3 Å². The Morgan fingerprint density at radius 3 is 2.50 bits per heavy atom. The van der Waals surface area contributed by atoms with E-state index in [9.17, 15) is 9.59 Å². The van der Waals surface area contributed by atoms with Crippen molar-refractivity contribution in [3.63, 3.8) is 0 Å². The van der Waals surface area contributed by atoms with Gasteiger partial charge in [-0.3, -0.25) is 4.79 Å². The molecule has 0 aliphatic heterocycles. The van der Waals surface area contributed by atoms with Gasteiger partial charge in [0.05, 0.1) is 10.6 Å². The number of amides is 3. The number of carbonyl (C=O) groups excluding carboxylic acids is 2. The number of hydrogen-bond donors (Lipinski definition) is 3. The highest BCUT2D eigenvalue weighted by atomic mass is 35.5. The molecule has 3 N–H and O–H groups in total. The molecule has 1 unspecified atom stereocenters. The lowest BCUT2D eigenvalue weighted by atomic mass is 10.2. The van der Waals surface area contributed by atoms with Gasteiger partial charge in [-0.15, -0.1) is 0 Å². The second kappa shape index (κ2) is 8.43. The highest BCUT2D eigenvalue weighted by molar-refractivity contribution is 6.33. The van der Waals surface area contributed by atoms with Gasteiger partial charge in [-0.05, 0) is 25.5 Å². The van der Waals surface area contributed by atoms with Gasteiger partial charge in [0.2, 0.25) is 0 Å². The van der Waals surface area contributed by atoms with E-state index in [4.69, 9.17) is 11.6 Å². The molecular weight excluding hydrogens is 278 g/mol. The van der Waals surface area contributed by atoms with Crippen LogP contribution < -0.4 is 16.0 Å². The fraction of sp³-hybridized carbons (Fsp3) is 0.429. The molecule has 20 heavy (non-hydrogen) atoms. The Balaban J connectivity index is 2.26. The maximum Gasteiger partial charge on any atom is 0.315 e. The number of hydrogen-bond acceptors (Lipinski definition) is 2. The van der Waals surface area contributed by atoms with Crippen molar-refractivity contribution in [1.29, 1.82) is 0 Å². The Hall–Kier alpha value is -1.75. The molecule has 0 fully saturated rings. The van der Waals surface area contributed by atoms with Crippen LogP contribution in [0.1, 0.15) is 30.6 Å². The third-order valence-corrected chi connectivity index (χ3v) is 3.13. The molecule has 0 aromatic heterocycles. The first kappa shape index (κ1) is 16.3. The maximum absolute atomic E-state index is 11.8. The summed E-state index contributed by atoms with van der Waals surface area (Å²) in [5, 5.41) is 8.55. The third-order valence-electron chi connectivity index (χ3n) is 2.80. The molecule has 1 atom stereocenters. The molecule has 0 saturated carbocycles. The first-order valence-electron chi connectivity index (χ1n) is 6.61. The molecular formula is C14H20ClN3O2. The molecule has 0 radical (unpaired) electrons. The molecule has 0 aliphatic carbocycles. The fourth-order valence-corrected chi connectivity index (χ4v) is 1.69. The van der Waals surface area contributed by atoms with E-state index in [-0.39, 0.29) is 18.0 Å². The number of rotatable bonds is 6. The van der Waals surface area contributed by atoms with Crippen molar-refractivity contribution in [3.05, 3.63) is 34.9 Å². The Labute approximate surface area is 124 Å². The van der Waals surface area contributed by atoms with E-state index in [1.54, 1.807) is 24.3 Å². The summed E-state index contributed by atoms with van der Waals surface area (Å²) in [7, 11) is 0. The van der Waals surface area contributed by atoms with Crippen LogP contribution in [-0.2, 0) is 0 Å². The van der Waals surface area contributed by atoms with Gasteiger partial charge < -0.3 is 16.0 Å². The van der Waals surface area contributed by atoms with Gasteiger partial charge in [0, 0.05) is 19.1 Å². The number of urea groups is 1. The monoisotopic (exact) mass is 297 g/mol. The normalized spacial score (nSPS) is 11.6. The summed E-state index contributed by atoms with van der Waals surface area (Å²) < 4.78 is 0.